The first-order valence-electron chi connectivity index (χ1n) is 9.43. The largest absolute Gasteiger partial charge is 0.292 e. The van der Waals surface area contributed by atoms with Crippen molar-refractivity contribution in [1.82, 2.24) is 14.6 Å². The maximum absolute atomic E-state index is 12.8. The molecule has 0 aliphatic carbocycles. The number of amides is 1. The molecule has 0 atom stereocenters. The van der Waals surface area contributed by atoms with Crippen LogP contribution in [0.4, 0.5) is 0 Å². The molecule has 1 amide bonds. The zero-order chi connectivity index (χ0) is 22.6. The van der Waals surface area contributed by atoms with Crippen molar-refractivity contribution in [3.05, 3.63) is 62.5 Å². The highest BCUT2D eigenvalue weighted by Gasteiger charge is 2.29. The minimum Gasteiger partial charge on any atom is -0.292 e. The lowest BCUT2D eigenvalue weighted by molar-refractivity contribution is -0.122. The molecule has 0 saturated carbocycles. The van der Waals surface area contributed by atoms with Crippen LogP contribution in [0.5, 0.6) is 0 Å². The van der Waals surface area contributed by atoms with Gasteiger partial charge in [-0.25, -0.2) is 13.8 Å². The van der Waals surface area contributed by atoms with Gasteiger partial charge in [0.25, 0.3) is 5.91 Å². The number of carbonyl (C=O) groups excluding carboxylic acids is 1. The summed E-state index contributed by atoms with van der Waals surface area (Å²) in [5.74, 6) is -0.274. The number of carbonyl (C=O) groups is 1. The second-order valence-corrected chi connectivity index (χ2v) is 10.7. The SMILES string of the molecule is CC(=NNC(=O)CN1CCN(S(=O)(=O)c2ccc(Br)cc2)CC1)c1ccc(Cl)c(Cl)c1. The molecule has 1 N–H and O–H groups in total. The number of halogens is 3. The molecule has 3 rings (SSSR count). The number of nitrogens with zero attached hydrogens (tertiary/aromatic N) is 3. The van der Waals surface area contributed by atoms with E-state index in [1.54, 1.807) is 49.4 Å². The van der Waals surface area contributed by atoms with E-state index in [0.717, 1.165) is 10.0 Å². The van der Waals surface area contributed by atoms with Crippen LogP contribution in [0.25, 0.3) is 0 Å². The van der Waals surface area contributed by atoms with Gasteiger partial charge < -0.3 is 0 Å². The topological polar surface area (TPSA) is 82.1 Å². The molecule has 1 aliphatic rings. The predicted molar refractivity (Wildman–Crippen MR) is 126 cm³/mol. The van der Waals surface area contributed by atoms with Crippen molar-refractivity contribution in [2.24, 2.45) is 5.10 Å². The summed E-state index contributed by atoms with van der Waals surface area (Å²) in [5, 5.41) is 4.97. The Kier molecular flexibility index (Phi) is 8.12. The van der Waals surface area contributed by atoms with Crippen molar-refractivity contribution in [3.63, 3.8) is 0 Å². The van der Waals surface area contributed by atoms with E-state index in [4.69, 9.17) is 23.2 Å². The first-order chi connectivity index (χ1) is 14.7. The van der Waals surface area contributed by atoms with Gasteiger partial charge in [-0.3, -0.25) is 9.69 Å². The fourth-order valence-corrected chi connectivity index (χ4v) is 5.04. The Morgan fingerprint density at radius 3 is 2.32 bits per heavy atom. The van der Waals surface area contributed by atoms with Crippen molar-refractivity contribution in [1.29, 1.82) is 0 Å². The molecule has 1 fully saturated rings. The minimum atomic E-state index is -3.55. The highest BCUT2D eigenvalue weighted by atomic mass is 79.9. The van der Waals surface area contributed by atoms with E-state index in [0.29, 0.717) is 41.9 Å². The summed E-state index contributed by atoms with van der Waals surface area (Å²) in [6.45, 7) is 3.43. The number of hydrogen-bond donors (Lipinski definition) is 1. The number of nitrogens with one attached hydrogen (secondary N) is 1. The second kappa shape index (κ2) is 10.4. The Hall–Kier alpha value is -1.49. The molecular weight excluding hydrogens is 527 g/mol. The van der Waals surface area contributed by atoms with Crippen LogP contribution in [0.2, 0.25) is 10.0 Å². The summed E-state index contributed by atoms with van der Waals surface area (Å²) >= 11 is 15.2. The second-order valence-electron chi connectivity index (χ2n) is 7.00. The van der Waals surface area contributed by atoms with E-state index in [2.05, 4.69) is 26.5 Å². The van der Waals surface area contributed by atoms with Crippen molar-refractivity contribution in [2.45, 2.75) is 11.8 Å². The van der Waals surface area contributed by atoms with Gasteiger partial charge in [-0.15, -0.1) is 0 Å². The summed E-state index contributed by atoms with van der Waals surface area (Å²) in [6.07, 6.45) is 0. The fourth-order valence-electron chi connectivity index (χ4n) is 3.05. The molecule has 166 valence electrons. The number of hydrogen-bond acceptors (Lipinski definition) is 5. The molecule has 1 heterocycles. The monoisotopic (exact) mass is 546 g/mol. The zero-order valence-corrected chi connectivity index (χ0v) is 20.6. The van der Waals surface area contributed by atoms with Crippen LogP contribution >= 0.6 is 39.1 Å². The van der Waals surface area contributed by atoms with E-state index >= 15 is 0 Å². The molecule has 2 aromatic rings. The summed E-state index contributed by atoms with van der Waals surface area (Å²) in [6, 6.07) is 11.7. The Labute approximate surface area is 200 Å². The van der Waals surface area contributed by atoms with Gasteiger partial charge in [-0.2, -0.15) is 9.41 Å². The van der Waals surface area contributed by atoms with Gasteiger partial charge >= 0.3 is 0 Å². The Bertz CT molecular complexity index is 1090. The van der Waals surface area contributed by atoms with E-state index in [1.165, 1.54) is 4.31 Å². The summed E-state index contributed by atoms with van der Waals surface area (Å²) in [4.78, 5) is 14.4. The molecule has 1 aliphatic heterocycles. The van der Waals surface area contributed by atoms with E-state index in [1.807, 2.05) is 4.90 Å². The van der Waals surface area contributed by atoms with Gasteiger partial charge in [-0.1, -0.05) is 45.2 Å². The van der Waals surface area contributed by atoms with E-state index in [-0.39, 0.29) is 17.3 Å². The van der Waals surface area contributed by atoms with Gasteiger partial charge in [0, 0.05) is 30.7 Å². The third-order valence-corrected chi connectivity index (χ3v) is 8.02. The first kappa shape index (κ1) is 24.2. The maximum atomic E-state index is 12.8. The molecule has 0 unspecified atom stereocenters. The fraction of sp³-hybridized carbons (Fsp3) is 0.300. The molecule has 1 saturated heterocycles. The number of benzene rings is 2. The average Bonchev–Trinajstić information content (AvgIpc) is 2.74. The lowest BCUT2D eigenvalue weighted by Gasteiger charge is -2.33. The molecule has 0 aromatic heterocycles. The Morgan fingerprint density at radius 2 is 1.71 bits per heavy atom. The smallest absolute Gasteiger partial charge is 0.254 e. The number of hydrazone groups is 1. The van der Waals surface area contributed by atoms with Crippen LogP contribution in [0.15, 0.2) is 56.9 Å². The van der Waals surface area contributed by atoms with Gasteiger partial charge in [-0.05, 0) is 48.9 Å². The highest BCUT2D eigenvalue weighted by molar-refractivity contribution is 9.10. The summed E-state index contributed by atoms with van der Waals surface area (Å²) in [5.41, 5.74) is 3.88. The standard InChI is InChI=1S/C20H21BrCl2N4O3S/c1-14(15-2-7-18(22)19(23)12-15)24-25-20(28)13-26-8-10-27(11-9-26)31(29,30)17-5-3-16(21)4-6-17/h2-7,12H,8-11,13H2,1H3,(H,25,28). The van der Waals surface area contributed by atoms with E-state index < -0.39 is 10.0 Å². The van der Waals surface area contributed by atoms with Crippen LogP contribution in [0.3, 0.4) is 0 Å². The van der Waals surface area contributed by atoms with Crippen molar-refractivity contribution in [2.75, 3.05) is 32.7 Å². The summed E-state index contributed by atoms with van der Waals surface area (Å²) in [7, 11) is -3.55. The molecule has 0 spiro atoms. The van der Waals surface area contributed by atoms with Crippen LogP contribution in [0, 0.1) is 0 Å². The van der Waals surface area contributed by atoms with Crippen molar-refractivity contribution < 1.29 is 13.2 Å². The maximum Gasteiger partial charge on any atom is 0.254 e. The number of piperazine rings is 1. The summed E-state index contributed by atoms with van der Waals surface area (Å²) < 4.78 is 27.8. The van der Waals surface area contributed by atoms with Gasteiger partial charge in [0.1, 0.15) is 0 Å². The minimum absolute atomic E-state index is 0.129. The molecule has 2 aromatic carbocycles. The zero-order valence-electron chi connectivity index (χ0n) is 16.7. The van der Waals surface area contributed by atoms with Crippen molar-refractivity contribution >= 4 is 60.8 Å². The Balaban J connectivity index is 1.51. The lowest BCUT2D eigenvalue weighted by Crippen LogP contribution is -2.50. The van der Waals surface area contributed by atoms with E-state index in [9.17, 15) is 13.2 Å². The predicted octanol–water partition coefficient (Wildman–Crippen LogP) is 3.60. The van der Waals surface area contributed by atoms with Gasteiger partial charge in [0.2, 0.25) is 10.0 Å². The molecule has 0 radical (unpaired) electrons. The highest BCUT2D eigenvalue weighted by Crippen LogP contribution is 2.23. The molecule has 31 heavy (non-hydrogen) atoms. The normalized spacial score (nSPS) is 16.3. The molecule has 11 heteroatoms. The third kappa shape index (κ3) is 6.27. The van der Waals surface area contributed by atoms with Crippen molar-refractivity contribution in [3.8, 4) is 0 Å². The third-order valence-electron chi connectivity index (χ3n) is 4.84. The lowest BCUT2D eigenvalue weighted by atomic mass is 10.1. The van der Waals surface area contributed by atoms with Gasteiger partial charge in [0.15, 0.2) is 0 Å². The first-order valence-corrected chi connectivity index (χ1v) is 12.4. The van der Waals surface area contributed by atoms with Crippen LogP contribution in [0.1, 0.15) is 12.5 Å². The number of rotatable bonds is 6. The van der Waals surface area contributed by atoms with Crippen LogP contribution in [-0.4, -0.2) is 62.0 Å². The molecule has 7 nitrogen and oxygen atoms in total. The molecule has 0 bridgehead atoms. The number of sulfonamides is 1. The van der Waals surface area contributed by atoms with Crippen LogP contribution in [-0.2, 0) is 14.8 Å². The molecular formula is C20H21BrCl2N4O3S. The Morgan fingerprint density at radius 1 is 1.06 bits per heavy atom. The van der Waals surface area contributed by atoms with Gasteiger partial charge in [0.05, 0.1) is 27.2 Å². The average molecular weight is 548 g/mol. The van der Waals surface area contributed by atoms with Crippen LogP contribution < -0.4 is 5.43 Å². The quantitative estimate of drug-likeness (QED) is 0.442.